The molecule has 0 radical (unpaired) electrons. The molecule has 0 amide bonds. The quantitative estimate of drug-likeness (QED) is 0.620. The Bertz CT molecular complexity index is 400. The van der Waals surface area contributed by atoms with E-state index in [1.54, 1.807) is 24.3 Å². The van der Waals surface area contributed by atoms with Crippen LogP contribution in [0.15, 0.2) is 0 Å². The molecule has 0 aliphatic carbocycles. The highest BCUT2D eigenvalue weighted by Crippen LogP contribution is 2.27. The van der Waals surface area contributed by atoms with Gasteiger partial charge >= 0.3 is 8.80 Å². The Morgan fingerprint density at radius 2 is 1.50 bits per heavy atom. The van der Waals surface area contributed by atoms with Crippen molar-refractivity contribution < 1.29 is 13.3 Å². The second-order valence-electron chi connectivity index (χ2n) is 3.28. The molecule has 7 nitrogen and oxygen atoms in total. The fourth-order valence-corrected chi connectivity index (χ4v) is 3.12. The van der Waals surface area contributed by atoms with E-state index in [2.05, 4.69) is 0 Å². The van der Waals surface area contributed by atoms with E-state index in [0.29, 0.717) is 0 Å². The van der Waals surface area contributed by atoms with Gasteiger partial charge < -0.3 is 13.3 Å². The zero-order valence-electron chi connectivity index (χ0n) is 10.1. The zero-order valence-corrected chi connectivity index (χ0v) is 11.1. The van der Waals surface area contributed by atoms with Crippen LogP contribution in [0.2, 0.25) is 6.04 Å². The van der Waals surface area contributed by atoms with Gasteiger partial charge in [-0.2, -0.15) is 21.0 Å². The third-order valence-electron chi connectivity index (χ3n) is 2.36. The Balaban J connectivity index is 4.85. The molecule has 0 spiro atoms. The van der Waals surface area contributed by atoms with Crippen LogP contribution in [0.4, 0.5) is 0 Å². The molecule has 0 saturated carbocycles. The molecule has 0 unspecified atom stereocenters. The fraction of sp³-hybridized carbons (Fsp3) is 0.600. The van der Waals surface area contributed by atoms with E-state index in [9.17, 15) is 0 Å². The summed E-state index contributed by atoms with van der Waals surface area (Å²) in [7, 11) is -0.377. The monoisotopic (exact) mass is 264 g/mol. The van der Waals surface area contributed by atoms with Crippen LogP contribution in [0, 0.1) is 50.7 Å². The summed E-state index contributed by atoms with van der Waals surface area (Å²) in [6.07, 6.45) is -0.0597. The maximum atomic E-state index is 8.84. The van der Waals surface area contributed by atoms with Crippen LogP contribution in [-0.4, -0.2) is 29.6 Å². The summed E-state index contributed by atoms with van der Waals surface area (Å²) in [6.45, 7) is -0.216. The molecule has 0 N–H and O–H groups in total. The highest BCUT2D eigenvalue weighted by Gasteiger charge is 2.43. The first kappa shape index (κ1) is 16.1. The van der Waals surface area contributed by atoms with E-state index in [-0.39, 0.29) is 19.1 Å². The predicted octanol–water partition coefficient (Wildman–Crippen LogP) is 0.706. The maximum Gasteiger partial charge on any atom is 0.501 e. The van der Waals surface area contributed by atoms with Gasteiger partial charge in [-0.3, -0.25) is 0 Å². The molecule has 0 saturated heterocycles. The van der Waals surface area contributed by atoms with Gasteiger partial charge in [0.05, 0.1) is 6.07 Å². The summed E-state index contributed by atoms with van der Waals surface area (Å²) in [6, 6.07) is 6.88. The van der Waals surface area contributed by atoms with E-state index in [1.807, 2.05) is 0 Å². The van der Waals surface area contributed by atoms with Crippen molar-refractivity contribution in [3.63, 3.8) is 0 Å². The van der Waals surface area contributed by atoms with E-state index in [1.165, 1.54) is 14.2 Å². The number of rotatable bonds is 7. The Hall–Kier alpha value is -1.94. The van der Waals surface area contributed by atoms with Crippen LogP contribution in [0.1, 0.15) is 6.42 Å². The molecule has 0 aromatic rings. The molecule has 18 heavy (non-hydrogen) atoms. The van der Waals surface area contributed by atoms with Crippen molar-refractivity contribution in [2.24, 2.45) is 5.41 Å². The van der Waals surface area contributed by atoms with Crippen molar-refractivity contribution in [2.45, 2.75) is 12.5 Å². The summed E-state index contributed by atoms with van der Waals surface area (Å²) in [5.41, 5.74) is -1.74. The fourth-order valence-electron chi connectivity index (χ4n) is 1.20. The molecule has 0 bridgehead atoms. The van der Waals surface area contributed by atoms with E-state index in [0.717, 1.165) is 0 Å². The minimum atomic E-state index is -3.10. The molecule has 0 aliphatic heterocycles. The number of hydrogen-bond acceptors (Lipinski definition) is 7. The average Bonchev–Trinajstić information content (AvgIpc) is 2.44. The first-order chi connectivity index (χ1) is 8.57. The predicted molar refractivity (Wildman–Crippen MR) is 60.0 cm³/mol. The smallest absolute Gasteiger partial charge is 0.377 e. The molecule has 0 rings (SSSR count). The van der Waals surface area contributed by atoms with Gasteiger partial charge in [-0.1, -0.05) is 0 Å². The van der Waals surface area contributed by atoms with Crippen LogP contribution in [-0.2, 0) is 13.3 Å². The molecule has 0 aromatic carbocycles. The van der Waals surface area contributed by atoms with Gasteiger partial charge in [0.2, 0.25) is 5.41 Å². The largest absolute Gasteiger partial charge is 0.501 e. The SMILES string of the molecule is CO[Si](CCC(C#N)(C#N)C#N)(OC)OCC#N. The Labute approximate surface area is 107 Å². The van der Waals surface area contributed by atoms with Crippen molar-refractivity contribution >= 4 is 8.80 Å². The summed E-state index contributed by atoms with van der Waals surface area (Å²) in [4.78, 5) is 0. The van der Waals surface area contributed by atoms with Crippen LogP contribution in [0.3, 0.4) is 0 Å². The first-order valence-corrected chi connectivity index (χ1v) is 6.85. The Morgan fingerprint density at radius 3 is 1.83 bits per heavy atom. The van der Waals surface area contributed by atoms with Gasteiger partial charge in [-0.25, -0.2) is 0 Å². The van der Waals surface area contributed by atoms with Crippen molar-refractivity contribution in [3.8, 4) is 24.3 Å². The molecule has 94 valence electrons. The Kier molecular flexibility index (Phi) is 6.60. The maximum absolute atomic E-state index is 8.84. The van der Waals surface area contributed by atoms with E-state index < -0.39 is 14.2 Å². The van der Waals surface area contributed by atoms with E-state index >= 15 is 0 Å². The van der Waals surface area contributed by atoms with Crippen LogP contribution < -0.4 is 0 Å². The zero-order chi connectivity index (χ0) is 14.1. The molecule has 0 heterocycles. The van der Waals surface area contributed by atoms with Gasteiger partial charge in [-0.05, 0) is 6.42 Å². The lowest BCUT2D eigenvalue weighted by molar-refractivity contribution is 0.109. The van der Waals surface area contributed by atoms with Crippen LogP contribution in [0.25, 0.3) is 0 Å². The van der Waals surface area contributed by atoms with Gasteiger partial charge in [0.1, 0.15) is 24.8 Å². The molecule has 0 fully saturated rings. The Morgan fingerprint density at radius 1 is 1.00 bits per heavy atom. The first-order valence-electron chi connectivity index (χ1n) is 4.92. The third-order valence-corrected chi connectivity index (χ3v) is 5.05. The second-order valence-corrected chi connectivity index (χ2v) is 6.25. The molecular formula is C10H12N4O3Si. The van der Waals surface area contributed by atoms with Gasteiger partial charge in [0, 0.05) is 20.3 Å². The van der Waals surface area contributed by atoms with Crippen LogP contribution >= 0.6 is 0 Å². The lowest BCUT2D eigenvalue weighted by Crippen LogP contribution is -2.44. The standard InChI is InChI=1S/C10H12N4O3Si/c1-15-18(16-2,17-5-4-11)6-3-10(7-12,8-13)9-14/h3,5-6H2,1-2H3. The van der Waals surface area contributed by atoms with Gasteiger partial charge in [0.25, 0.3) is 0 Å². The number of nitriles is 4. The molecule has 0 atom stereocenters. The van der Waals surface area contributed by atoms with Crippen LogP contribution in [0.5, 0.6) is 0 Å². The lowest BCUT2D eigenvalue weighted by Gasteiger charge is -2.26. The summed E-state index contributed by atoms with van der Waals surface area (Å²) in [5.74, 6) is 0. The van der Waals surface area contributed by atoms with E-state index in [4.69, 9.17) is 34.3 Å². The number of hydrogen-bond donors (Lipinski definition) is 0. The molecule has 0 aromatic heterocycles. The average molecular weight is 264 g/mol. The summed E-state index contributed by atoms with van der Waals surface area (Å²) < 4.78 is 15.5. The number of nitrogens with zero attached hydrogens (tertiary/aromatic N) is 4. The van der Waals surface area contributed by atoms with Gasteiger partial charge in [-0.15, -0.1) is 0 Å². The minimum absolute atomic E-state index is 0.0597. The summed E-state index contributed by atoms with van der Waals surface area (Å²) in [5, 5.41) is 35.0. The molecule has 8 heteroatoms. The van der Waals surface area contributed by atoms with Gasteiger partial charge in [0.15, 0.2) is 0 Å². The summed E-state index contributed by atoms with van der Waals surface area (Å²) >= 11 is 0. The highest BCUT2D eigenvalue weighted by molar-refractivity contribution is 6.60. The third kappa shape index (κ3) is 3.82. The topological polar surface area (TPSA) is 123 Å². The lowest BCUT2D eigenvalue weighted by atomic mass is 9.91. The highest BCUT2D eigenvalue weighted by atomic mass is 28.4. The van der Waals surface area contributed by atoms with Crippen molar-refractivity contribution in [1.82, 2.24) is 0 Å². The second kappa shape index (κ2) is 7.40. The molecule has 0 aliphatic rings. The van der Waals surface area contributed by atoms with Crippen molar-refractivity contribution in [1.29, 1.82) is 21.0 Å². The molecular weight excluding hydrogens is 252 g/mol. The minimum Gasteiger partial charge on any atom is -0.377 e. The van der Waals surface area contributed by atoms with Crippen molar-refractivity contribution in [2.75, 3.05) is 20.8 Å². The van der Waals surface area contributed by atoms with Crippen molar-refractivity contribution in [3.05, 3.63) is 0 Å². The normalized spacial score (nSPS) is 10.8.